The molecular formula is C21H28N4O2. The monoisotopic (exact) mass is 368 g/mol. The Morgan fingerprint density at radius 2 is 1.52 bits per heavy atom. The van der Waals surface area contributed by atoms with Crippen molar-refractivity contribution in [3.63, 3.8) is 0 Å². The van der Waals surface area contributed by atoms with Gasteiger partial charge in [0, 0.05) is 33.1 Å². The molecule has 2 heterocycles. The van der Waals surface area contributed by atoms with Crippen molar-refractivity contribution < 1.29 is 9.59 Å². The molecule has 6 heteroatoms. The van der Waals surface area contributed by atoms with Crippen LogP contribution in [0.5, 0.6) is 0 Å². The van der Waals surface area contributed by atoms with Gasteiger partial charge in [-0.25, -0.2) is 4.68 Å². The van der Waals surface area contributed by atoms with Crippen LogP contribution in [0.3, 0.4) is 0 Å². The summed E-state index contributed by atoms with van der Waals surface area (Å²) in [7, 11) is 0. The largest absolute Gasteiger partial charge is 0.339 e. The zero-order valence-electron chi connectivity index (χ0n) is 16.8. The van der Waals surface area contributed by atoms with Gasteiger partial charge in [0.2, 0.25) is 5.91 Å². The zero-order chi connectivity index (χ0) is 19.7. The lowest BCUT2D eigenvalue weighted by molar-refractivity contribution is -0.130. The van der Waals surface area contributed by atoms with Crippen molar-refractivity contribution >= 4 is 11.8 Å². The second-order valence-electron chi connectivity index (χ2n) is 7.55. The molecule has 0 saturated carbocycles. The van der Waals surface area contributed by atoms with Crippen molar-refractivity contribution in [2.75, 3.05) is 26.2 Å². The summed E-state index contributed by atoms with van der Waals surface area (Å²) in [5, 5.41) is 4.70. The normalized spacial score (nSPS) is 14.7. The summed E-state index contributed by atoms with van der Waals surface area (Å²) >= 11 is 0. The Labute approximate surface area is 160 Å². The summed E-state index contributed by atoms with van der Waals surface area (Å²) in [6, 6.07) is 8.18. The maximum absolute atomic E-state index is 13.3. The highest BCUT2D eigenvalue weighted by atomic mass is 16.2. The van der Waals surface area contributed by atoms with Crippen molar-refractivity contribution in [3.8, 4) is 5.69 Å². The van der Waals surface area contributed by atoms with Crippen molar-refractivity contribution in [2.45, 2.75) is 40.5 Å². The van der Waals surface area contributed by atoms with Crippen LogP contribution in [0.4, 0.5) is 0 Å². The highest BCUT2D eigenvalue weighted by Gasteiger charge is 2.30. The van der Waals surface area contributed by atoms with Gasteiger partial charge in [-0.05, 0) is 31.9 Å². The van der Waals surface area contributed by atoms with Gasteiger partial charge in [0.1, 0.15) is 0 Å². The van der Waals surface area contributed by atoms with Gasteiger partial charge in [-0.3, -0.25) is 9.59 Å². The Bertz CT molecular complexity index is 844. The number of hydrogen-bond acceptors (Lipinski definition) is 3. The molecule has 0 radical (unpaired) electrons. The van der Waals surface area contributed by atoms with Crippen molar-refractivity contribution in [2.24, 2.45) is 0 Å². The fraction of sp³-hybridized carbons (Fsp3) is 0.476. The number of carbonyl (C=O) groups excluding carboxylic acids is 2. The van der Waals surface area contributed by atoms with E-state index in [1.54, 1.807) is 11.8 Å². The van der Waals surface area contributed by atoms with Crippen LogP contribution in [-0.4, -0.2) is 57.6 Å². The first-order chi connectivity index (χ1) is 12.8. The van der Waals surface area contributed by atoms with Gasteiger partial charge in [0.15, 0.2) is 0 Å². The summed E-state index contributed by atoms with van der Waals surface area (Å²) in [4.78, 5) is 28.5. The number of piperazine rings is 1. The van der Waals surface area contributed by atoms with Crippen LogP contribution in [-0.2, 0) is 4.79 Å². The first-order valence-electron chi connectivity index (χ1n) is 9.51. The number of nitrogens with zero attached hydrogens (tertiary/aromatic N) is 4. The average molecular weight is 368 g/mol. The lowest BCUT2D eigenvalue weighted by atomic mass is 10.0. The standard InChI is InChI=1S/C21H28N4O2/c1-14(2)20-19(21(27)24-12-10-23(11-13-24)17(5)26)16(4)22-25(20)18-8-6-15(3)7-9-18/h6-9,14H,10-13H2,1-5H3. The Hall–Kier alpha value is -2.63. The summed E-state index contributed by atoms with van der Waals surface area (Å²) in [6.07, 6.45) is 0. The third kappa shape index (κ3) is 3.75. The Morgan fingerprint density at radius 3 is 2.04 bits per heavy atom. The Balaban J connectivity index is 1.94. The molecule has 27 heavy (non-hydrogen) atoms. The van der Waals surface area contributed by atoms with E-state index in [0.29, 0.717) is 31.7 Å². The van der Waals surface area contributed by atoms with E-state index in [1.165, 1.54) is 5.56 Å². The molecule has 1 aromatic heterocycles. The molecule has 0 atom stereocenters. The molecule has 6 nitrogen and oxygen atoms in total. The molecular weight excluding hydrogens is 340 g/mol. The topological polar surface area (TPSA) is 58.4 Å². The molecule has 2 amide bonds. The van der Waals surface area contributed by atoms with Crippen molar-refractivity contribution in [3.05, 3.63) is 46.8 Å². The molecule has 0 spiro atoms. The molecule has 2 aromatic rings. The fourth-order valence-electron chi connectivity index (χ4n) is 3.61. The first-order valence-corrected chi connectivity index (χ1v) is 9.51. The average Bonchev–Trinajstić information content (AvgIpc) is 2.99. The smallest absolute Gasteiger partial charge is 0.257 e. The number of aryl methyl sites for hydroxylation is 2. The van der Waals surface area contributed by atoms with Gasteiger partial charge in [-0.2, -0.15) is 5.10 Å². The minimum absolute atomic E-state index is 0.0118. The lowest BCUT2D eigenvalue weighted by Crippen LogP contribution is -2.50. The molecule has 0 aliphatic carbocycles. The summed E-state index contributed by atoms with van der Waals surface area (Å²) in [6.45, 7) is 12.0. The first kappa shape index (κ1) is 19.1. The highest BCUT2D eigenvalue weighted by Crippen LogP contribution is 2.27. The third-order valence-corrected chi connectivity index (χ3v) is 5.15. The Kier molecular flexibility index (Phi) is 5.35. The van der Waals surface area contributed by atoms with Crippen molar-refractivity contribution in [1.82, 2.24) is 19.6 Å². The van der Waals surface area contributed by atoms with Gasteiger partial charge in [-0.1, -0.05) is 31.5 Å². The summed E-state index contributed by atoms with van der Waals surface area (Å²) < 4.78 is 1.90. The van der Waals surface area contributed by atoms with Crippen LogP contribution >= 0.6 is 0 Å². The van der Waals surface area contributed by atoms with E-state index in [-0.39, 0.29) is 17.7 Å². The Morgan fingerprint density at radius 1 is 0.963 bits per heavy atom. The van der Waals surface area contributed by atoms with Crippen LogP contribution in [0.2, 0.25) is 0 Å². The van der Waals surface area contributed by atoms with Crippen LogP contribution in [0.1, 0.15) is 54.0 Å². The SMILES string of the molecule is CC(=O)N1CCN(C(=O)c2c(C)nn(-c3ccc(C)cc3)c2C(C)C)CC1. The zero-order valence-corrected chi connectivity index (χ0v) is 16.8. The predicted octanol–water partition coefficient (Wildman–Crippen LogP) is 2.92. The minimum atomic E-state index is 0.0118. The van der Waals surface area contributed by atoms with E-state index in [9.17, 15) is 9.59 Å². The molecule has 0 unspecified atom stereocenters. The number of benzene rings is 1. The van der Waals surface area contributed by atoms with E-state index in [0.717, 1.165) is 17.1 Å². The molecule has 0 bridgehead atoms. The second-order valence-corrected chi connectivity index (χ2v) is 7.55. The predicted molar refractivity (Wildman–Crippen MR) is 105 cm³/mol. The number of amides is 2. The third-order valence-electron chi connectivity index (χ3n) is 5.15. The molecule has 1 aromatic carbocycles. The van der Waals surface area contributed by atoms with E-state index in [2.05, 4.69) is 32.9 Å². The van der Waals surface area contributed by atoms with Gasteiger partial charge < -0.3 is 9.80 Å². The van der Waals surface area contributed by atoms with Crippen LogP contribution < -0.4 is 0 Å². The number of aromatic nitrogens is 2. The maximum atomic E-state index is 13.3. The molecule has 1 fully saturated rings. The summed E-state index contributed by atoms with van der Waals surface area (Å²) in [5.41, 5.74) is 4.54. The second kappa shape index (κ2) is 7.55. The van der Waals surface area contributed by atoms with Gasteiger partial charge in [0.05, 0.1) is 22.6 Å². The number of carbonyl (C=O) groups is 2. The number of rotatable bonds is 3. The minimum Gasteiger partial charge on any atom is -0.339 e. The van der Waals surface area contributed by atoms with E-state index >= 15 is 0 Å². The molecule has 0 N–H and O–H groups in total. The lowest BCUT2D eigenvalue weighted by Gasteiger charge is -2.34. The number of hydrogen-bond donors (Lipinski definition) is 0. The molecule has 144 valence electrons. The van der Waals surface area contributed by atoms with E-state index in [1.807, 2.05) is 28.6 Å². The van der Waals surface area contributed by atoms with Gasteiger partial charge in [0.25, 0.3) is 5.91 Å². The maximum Gasteiger partial charge on any atom is 0.257 e. The highest BCUT2D eigenvalue weighted by molar-refractivity contribution is 5.97. The molecule has 1 aliphatic rings. The fourth-order valence-corrected chi connectivity index (χ4v) is 3.61. The molecule has 1 saturated heterocycles. The molecule has 3 rings (SSSR count). The van der Waals surface area contributed by atoms with Gasteiger partial charge in [-0.15, -0.1) is 0 Å². The van der Waals surface area contributed by atoms with Crippen LogP contribution in [0, 0.1) is 13.8 Å². The van der Waals surface area contributed by atoms with Crippen molar-refractivity contribution in [1.29, 1.82) is 0 Å². The van der Waals surface area contributed by atoms with Gasteiger partial charge >= 0.3 is 0 Å². The molecule has 1 aliphatic heterocycles. The summed E-state index contributed by atoms with van der Waals surface area (Å²) in [5.74, 6) is 0.232. The van der Waals surface area contributed by atoms with Crippen LogP contribution in [0.15, 0.2) is 24.3 Å². The van der Waals surface area contributed by atoms with E-state index < -0.39 is 0 Å². The van der Waals surface area contributed by atoms with E-state index in [4.69, 9.17) is 5.10 Å². The van der Waals surface area contributed by atoms with Crippen LogP contribution in [0.25, 0.3) is 5.69 Å². The quantitative estimate of drug-likeness (QED) is 0.837.